The Morgan fingerprint density at radius 3 is 2.85 bits per heavy atom. The van der Waals surface area contributed by atoms with E-state index in [-0.39, 0.29) is 22.4 Å². The quantitative estimate of drug-likeness (QED) is 0.720. The van der Waals surface area contributed by atoms with E-state index < -0.39 is 7.12 Å². The highest BCUT2D eigenvalue weighted by molar-refractivity contribution is 8.13. The van der Waals surface area contributed by atoms with Gasteiger partial charge in [-0.05, 0) is 12.0 Å². The Morgan fingerprint density at radius 2 is 2.30 bits per heavy atom. The van der Waals surface area contributed by atoms with Gasteiger partial charge in [-0.15, -0.1) is 0 Å². The Kier molecular flexibility index (Phi) is 4.79. The van der Waals surface area contributed by atoms with Gasteiger partial charge >= 0.3 is 7.12 Å². The number of hydrogen-bond donors (Lipinski definition) is 2. The van der Waals surface area contributed by atoms with E-state index in [4.69, 9.17) is 10.0 Å². The molecule has 2 heterocycles. The molecule has 20 heavy (non-hydrogen) atoms. The number of pyridine rings is 1. The summed E-state index contributed by atoms with van der Waals surface area (Å²) in [6, 6.07) is 3.12. The van der Waals surface area contributed by atoms with Gasteiger partial charge in [-0.2, -0.15) is 0 Å². The van der Waals surface area contributed by atoms with E-state index in [0.29, 0.717) is 24.5 Å². The SMILES string of the molecule is CC(=O)SCC1CC(=O)N(c2ccc(B(O)O)cn2)C1. The molecule has 0 radical (unpaired) electrons. The highest BCUT2D eigenvalue weighted by Gasteiger charge is 2.31. The van der Waals surface area contributed by atoms with Crippen LogP contribution in [0.15, 0.2) is 18.3 Å². The molecule has 6 nitrogen and oxygen atoms in total. The number of carbonyl (C=O) groups is 2. The lowest BCUT2D eigenvalue weighted by molar-refractivity contribution is -0.117. The molecule has 1 amide bonds. The van der Waals surface area contributed by atoms with Crippen LogP contribution in [0.4, 0.5) is 5.82 Å². The highest BCUT2D eigenvalue weighted by Crippen LogP contribution is 2.25. The smallest absolute Gasteiger partial charge is 0.423 e. The molecule has 1 aliphatic rings. The molecule has 2 N–H and O–H groups in total. The Bertz CT molecular complexity index is 509. The first-order valence-electron chi connectivity index (χ1n) is 6.23. The normalized spacial score (nSPS) is 18.4. The van der Waals surface area contributed by atoms with Crippen molar-refractivity contribution in [3.05, 3.63) is 18.3 Å². The van der Waals surface area contributed by atoms with Crippen LogP contribution in [0.3, 0.4) is 0 Å². The third-order valence-electron chi connectivity index (χ3n) is 3.07. The lowest BCUT2D eigenvalue weighted by Crippen LogP contribution is -2.31. The van der Waals surface area contributed by atoms with Gasteiger partial charge in [-0.25, -0.2) is 4.98 Å². The molecule has 1 aromatic rings. The van der Waals surface area contributed by atoms with Crippen LogP contribution in [0.25, 0.3) is 0 Å². The monoisotopic (exact) mass is 294 g/mol. The molecular formula is C12H15BN2O4S. The predicted octanol–water partition coefficient (Wildman–Crippen LogP) is -0.606. The first-order valence-corrected chi connectivity index (χ1v) is 7.21. The molecule has 1 aromatic heterocycles. The van der Waals surface area contributed by atoms with Gasteiger partial charge in [0, 0.05) is 37.3 Å². The average molecular weight is 294 g/mol. The van der Waals surface area contributed by atoms with E-state index in [0.717, 1.165) is 0 Å². The zero-order valence-electron chi connectivity index (χ0n) is 11.0. The van der Waals surface area contributed by atoms with Crippen molar-refractivity contribution < 1.29 is 19.6 Å². The fourth-order valence-electron chi connectivity index (χ4n) is 2.06. The van der Waals surface area contributed by atoms with E-state index in [1.165, 1.54) is 30.9 Å². The molecule has 0 spiro atoms. The molecule has 1 fully saturated rings. The number of amides is 1. The maximum Gasteiger partial charge on any atom is 0.490 e. The second-order valence-corrected chi connectivity index (χ2v) is 5.90. The summed E-state index contributed by atoms with van der Waals surface area (Å²) in [7, 11) is -1.56. The van der Waals surface area contributed by atoms with Crippen molar-refractivity contribution in [2.45, 2.75) is 13.3 Å². The average Bonchev–Trinajstić information content (AvgIpc) is 2.78. The third kappa shape index (κ3) is 3.59. The fraction of sp³-hybridized carbons (Fsp3) is 0.417. The molecule has 0 aromatic carbocycles. The van der Waals surface area contributed by atoms with Crippen LogP contribution in [0.1, 0.15) is 13.3 Å². The Hall–Kier alpha value is -1.38. The summed E-state index contributed by atoms with van der Waals surface area (Å²) < 4.78 is 0. The van der Waals surface area contributed by atoms with E-state index in [1.807, 2.05) is 0 Å². The highest BCUT2D eigenvalue weighted by atomic mass is 32.2. The summed E-state index contributed by atoms with van der Waals surface area (Å²) in [5.41, 5.74) is 0.282. The maximum absolute atomic E-state index is 11.9. The summed E-state index contributed by atoms with van der Waals surface area (Å²) >= 11 is 1.23. The number of carbonyl (C=O) groups excluding carboxylic acids is 2. The molecule has 8 heteroatoms. The lowest BCUT2D eigenvalue weighted by atomic mass is 9.82. The Labute approximate surface area is 121 Å². The molecular weight excluding hydrogens is 279 g/mol. The van der Waals surface area contributed by atoms with Crippen LogP contribution in [0.5, 0.6) is 0 Å². The van der Waals surface area contributed by atoms with Crippen LogP contribution >= 0.6 is 11.8 Å². The van der Waals surface area contributed by atoms with Crippen molar-refractivity contribution in [2.24, 2.45) is 5.92 Å². The predicted molar refractivity (Wildman–Crippen MR) is 77.7 cm³/mol. The van der Waals surface area contributed by atoms with Gasteiger partial charge in [-0.1, -0.05) is 17.8 Å². The van der Waals surface area contributed by atoms with Crippen molar-refractivity contribution in [1.82, 2.24) is 4.98 Å². The maximum atomic E-state index is 11.9. The minimum atomic E-state index is -1.56. The molecule has 1 unspecified atom stereocenters. The second kappa shape index (κ2) is 6.38. The van der Waals surface area contributed by atoms with Gasteiger partial charge in [0.15, 0.2) is 5.12 Å². The van der Waals surface area contributed by atoms with E-state index >= 15 is 0 Å². The van der Waals surface area contributed by atoms with Gasteiger partial charge in [0.05, 0.1) is 0 Å². The first kappa shape index (κ1) is 15.0. The Morgan fingerprint density at radius 1 is 1.55 bits per heavy atom. The topological polar surface area (TPSA) is 90.7 Å². The first-order chi connectivity index (χ1) is 9.47. The Balaban J connectivity index is 2.02. The van der Waals surface area contributed by atoms with Gasteiger partial charge in [-0.3, -0.25) is 14.5 Å². The lowest BCUT2D eigenvalue weighted by Gasteiger charge is -2.15. The van der Waals surface area contributed by atoms with Crippen LogP contribution < -0.4 is 10.4 Å². The molecule has 1 atom stereocenters. The van der Waals surface area contributed by atoms with Gasteiger partial charge in [0.1, 0.15) is 5.82 Å². The standard InChI is InChI=1S/C12H15BN2O4S/c1-8(16)20-7-9-4-12(17)15(6-9)11-3-2-10(5-14-11)13(18)19/h2-3,5,9,18-19H,4,6-7H2,1H3. The molecule has 0 saturated carbocycles. The molecule has 1 aliphatic heterocycles. The molecule has 1 saturated heterocycles. The van der Waals surface area contributed by atoms with Gasteiger partial charge < -0.3 is 10.0 Å². The summed E-state index contributed by atoms with van der Waals surface area (Å²) in [6.07, 6.45) is 1.75. The van der Waals surface area contributed by atoms with E-state index in [1.54, 1.807) is 11.0 Å². The largest absolute Gasteiger partial charge is 0.490 e. The minimum Gasteiger partial charge on any atom is -0.423 e. The summed E-state index contributed by atoms with van der Waals surface area (Å²) in [6.45, 7) is 2.05. The van der Waals surface area contributed by atoms with Crippen LogP contribution in [-0.4, -0.2) is 45.5 Å². The number of anilines is 1. The number of aromatic nitrogens is 1. The van der Waals surface area contributed by atoms with Crippen molar-refractivity contribution in [3.63, 3.8) is 0 Å². The van der Waals surface area contributed by atoms with Gasteiger partial charge in [0.2, 0.25) is 5.91 Å². The summed E-state index contributed by atoms with van der Waals surface area (Å²) in [5, 5.41) is 18.0. The number of thioether (sulfide) groups is 1. The molecule has 2 rings (SSSR count). The van der Waals surface area contributed by atoms with Crippen molar-refractivity contribution in [1.29, 1.82) is 0 Å². The molecule has 0 aliphatic carbocycles. The molecule has 106 valence electrons. The third-order valence-corrected chi connectivity index (χ3v) is 4.12. The fourth-order valence-corrected chi connectivity index (χ4v) is 2.75. The van der Waals surface area contributed by atoms with Crippen molar-refractivity contribution >= 4 is 41.2 Å². The summed E-state index contributed by atoms with van der Waals surface area (Å²) in [4.78, 5) is 28.5. The van der Waals surface area contributed by atoms with E-state index in [2.05, 4.69) is 4.98 Å². The number of rotatable bonds is 4. The number of nitrogens with zero attached hydrogens (tertiary/aromatic N) is 2. The van der Waals surface area contributed by atoms with Crippen LogP contribution in [-0.2, 0) is 9.59 Å². The van der Waals surface area contributed by atoms with Crippen LogP contribution in [0, 0.1) is 5.92 Å². The minimum absolute atomic E-state index is 0.0241. The zero-order chi connectivity index (χ0) is 14.7. The van der Waals surface area contributed by atoms with Crippen molar-refractivity contribution in [2.75, 3.05) is 17.2 Å². The van der Waals surface area contributed by atoms with Crippen molar-refractivity contribution in [3.8, 4) is 0 Å². The van der Waals surface area contributed by atoms with Crippen LogP contribution in [0.2, 0.25) is 0 Å². The number of hydrogen-bond acceptors (Lipinski definition) is 6. The van der Waals surface area contributed by atoms with Gasteiger partial charge in [0.25, 0.3) is 0 Å². The second-order valence-electron chi connectivity index (χ2n) is 4.70. The summed E-state index contributed by atoms with van der Waals surface area (Å²) in [5.74, 6) is 1.24. The van der Waals surface area contributed by atoms with E-state index in [9.17, 15) is 9.59 Å². The molecule has 0 bridgehead atoms. The zero-order valence-corrected chi connectivity index (χ0v) is 11.8.